The summed E-state index contributed by atoms with van der Waals surface area (Å²) < 4.78 is 13.0. The van der Waals surface area contributed by atoms with Crippen molar-refractivity contribution in [2.24, 2.45) is 0 Å². The second-order valence-corrected chi connectivity index (χ2v) is 3.25. The first-order chi connectivity index (χ1) is 7.60. The van der Waals surface area contributed by atoms with E-state index >= 15 is 0 Å². The van der Waals surface area contributed by atoms with Gasteiger partial charge in [0.05, 0.1) is 18.4 Å². The molecule has 0 spiro atoms. The summed E-state index contributed by atoms with van der Waals surface area (Å²) in [6.45, 7) is 0.0539. The number of aliphatic hydroxyl groups is 1. The molecule has 0 saturated carbocycles. The molecule has 0 bridgehead atoms. The number of nitrogens with one attached hydrogen (secondary N) is 1. The Hall–Kier alpha value is -1.69. The molecule has 0 fully saturated rings. The number of rotatable bonds is 4. The molecule has 0 atom stereocenters. The Balaban J connectivity index is 3.01. The molecular formula is C10H14FN3O2. The second kappa shape index (κ2) is 5.41. The van der Waals surface area contributed by atoms with E-state index in [1.165, 1.54) is 11.9 Å². The Kier molecular flexibility index (Phi) is 4.19. The van der Waals surface area contributed by atoms with Crippen molar-refractivity contribution in [1.82, 2.24) is 9.88 Å². The van der Waals surface area contributed by atoms with E-state index in [-0.39, 0.29) is 24.6 Å². The van der Waals surface area contributed by atoms with Gasteiger partial charge in [-0.25, -0.2) is 9.37 Å². The first kappa shape index (κ1) is 12.4. The SMILES string of the molecule is CNc1ncc(F)cc1C(=O)N(C)CCO. The maximum atomic E-state index is 13.0. The lowest BCUT2D eigenvalue weighted by Gasteiger charge is -2.17. The number of aliphatic hydroxyl groups excluding tert-OH is 1. The highest BCUT2D eigenvalue weighted by Crippen LogP contribution is 2.14. The summed E-state index contributed by atoms with van der Waals surface area (Å²) in [5.41, 5.74) is 0.151. The average molecular weight is 227 g/mol. The predicted molar refractivity (Wildman–Crippen MR) is 57.8 cm³/mol. The highest BCUT2D eigenvalue weighted by atomic mass is 19.1. The highest BCUT2D eigenvalue weighted by molar-refractivity contribution is 5.98. The third-order valence-corrected chi connectivity index (χ3v) is 2.10. The molecule has 2 N–H and O–H groups in total. The summed E-state index contributed by atoms with van der Waals surface area (Å²) >= 11 is 0. The van der Waals surface area contributed by atoms with Gasteiger partial charge >= 0.3 is 0 Å². The maximum absolute atomic E-state index is 13.0. The predicted octanol–water partition coefficient (Wildman–Crippen LogP) is 0.327. The van der Waals surface area contributed by atoms with E-state index in [4.69, 9.17) is 5.11 Å². The van der Waals surface area contributed by atoms with Crippen LogP contribution in [-0.2, 0) is 0 Å². The van der Waals surface area contributed by atoms with Crippen molar-refractivity contribution in [3.05, 3.63) is 23.6 Å². The normalized spacial score (nSPS) is 10.0. The molecule has 0 unspecified atom stereocenters. The van der Waals surface area contributed by atoms with Crippen LogP contribution in [-0.4, -0.2) is 48.1 Å². The fourth-order valence-corrected chi connectivity index (χ4v) is 1.26. The third-order valence-electron chi connectivity index (χ3n) is 2.10. The van der Waals surface area contributed by atoms with Crippen molar-refractivity contribution in [3.8, 4) is 0 Å². The molecule has 1 aromatic heterocycles. The number of carbonyl (C=O) groups excluding carboxylic acids is 1. The molecule has 0 radical (unpaired) electrons. The Labute approximate surface area is 92.9 Å². The van der Waals surface area contributed by atoms with Gasteiger partial charge in [0.15, 0.2) is 0 Å². The molecule has 5 nitrogen and oxygen atoms in total. The van der Waals surface area contributed by atoms with Gasteiger partial charge in [-0.1, -0.05) is 0 Å². The number of hydrogen-bond donors (Lipinski definition) is 2. The molecule has 1 amide bonds. The van der Waals surface area contributed by atoms with Crippen molar-refractivity contribution in [3.63, 3.8) is 0 Å². The molecule has 0 aliphatic rings. The van der Waals surface area contributed by atoms with E-state index < -0.39 is 5.82 Å². The van der Waals surface area contributed by atoms with Crippen LogP contribution in [0.3, 0.4) is 0 Å². The lowest BCUT2D eigenvalue weighted by molar-refractivity contribution is 0.0767. The van der Waals surface area contributed by atoms with Crippen LogP contribution in [0.15, 0.2) is 12.3 Å². The van der Waals surface area contributed by atoms with E-state index in [0.717, 1.165) is 12.3 Å². The summed E-state index contributed by atoms with van der Waals surface area (Å²) in [6.07, 6.45) is 1.04. The third kappa shape index (κ3) is 2.66. The van der Waals surface area contributed by atoms with Crippen molar-refractivity contribution in [1.29, 1.82) is 0 Å². The van der Waals surface area contributed by atoms with Crippen LogP contribution >= 0.6 is 0 Å². The number of anilines is 1. The van der Waals surface area contributed by atoms with Gasteiger partial charge in [-0.15, -0.1) is 0 Å². The second-order valence-electron chi connectivity index (χ2n) is 3.25. The topological polar surface area (TPSA) is 65.5 Å². The largest absolute Gasteiger partial charge is 0.395 e. The van der Waals surface area contributed by atoms with Gasteiger partial charge in [0.1, 0.15) is 11.6 Å². The zero-order chi connectivity index (χ0) is 12.1. The zero-order valence-corrected chi connectivity index (χ0v) is 9.20. The minimum atomic E-state index is -0.570. The summed E-state index contributed by atoms with van der Waals surface area (Å²) in [7, 11) is 3.13. The van der Waals surface area contributed by atoms with Crippen LogP contribution in [0.2, 0.25) is 0 Å². The molecule has 1 aromatic rings. The molecule has 1 rings (SSSR count). The number of nitrogens with zero attached hydrogens (tertiary/aromatic N) is 2. The number of hydrogen-bond acceptors (Lipinski definition) is 4. The van der Waals surface area contributed by atoms with Crippen molar-refractivity contribution < 1.29 is 14.3 Å². The molecule has 0 aliphatic carbocycles. The highest BCUT2D eigenvalue weighted by Gasteiger charge is 2.16. The van der Waals surface area contributed by atoms with E-state index in [1.807, 2.05) is 0 Å². The van der Waals surface area contributed by atoms with Gasteiger partial charge in [0.25, 0.3) is 5.91 Å². The summed E-state index contributed by atoms with van der Waals surface area (Å²) in [5, 5.41) is 11.4. The summed E-state index contributed by atoms with van der Waals surface area (Å²) in [6, 6.07) is 1.12. The van der Waals surface area contributed by atoms with Crippen LogP contribution in [0.4, 0.5) is 10.2 Å². The van der Waals surface area contributed by atoms with Crippen molar-refractivity contribution in [2.45, 2.75) is 0 Å². The maximum Gasteiger partial charge on any atom is 0.257 e. The zero-order valence-electron chi connectivity index (χ0n) is 9.20. The van der Waals surface area contributed by atoms with Gasteiger partial charge in [-0.05, 0) is 6.07 Å². The van der Waals surface area contributed by atoms with Gasteiger partial charge in [-0.3, -0.25) is 4.79 Å². The number of likely N-dealkylation sites (N-methyl/N-ethyl adjacent to an activating group) is 1. The Morgan fingerprint density at radius 1 is 1.69 bits per heavy atom. The number of halogens is 1. The lowest BCUT2D eigenvalue weighted by Crippen LogP contribution is -2.30. The number of amides is 1. The standard InChI is InChI=1S/C10H14FN3O2/c1-12-9-8(5-7(11)6-13-9)10(16)14(2)3-4-15/h5-6,15H,3-4H2,1-2H3,(H,12,13). The smallest absolute Gasteiger partial charge is 0.257 e. The van der Waals surface area contributed by atoms with Gasteiger partial charge in [0.2, 0.25) is 0 Å². The van der Waals surface area contributed by atoms with E-state index in [0.29, 0.717) is 5.82 Å². The summed E-state index contributed by atoms with van der Waals surface area (Å²) in [4.78, 5) is 16.9. The van der Waals surface area contributed by atoms with E-state index in [1.54, 1.807) is 7.05 Å². The molecule has 0 aliphatic heterocycles. The molecular weight excluding hydrogens is 213 g/mol. The Morgan fingerprint density at radius 2 is 2.38 bits per heavy atom. The van der Waals surface area contributed by atoms with Gasteiger partial charge in [0, 0.05) is 20.6 Å². The Morgan fingerprint density at radius 3 is 2.94 bits per heavy atom. The molecule has 0 aromatic carbocycles. The fraction of sp³-hybridized carbons (Fsp3) is 0.400. The minimum absolute atomic E-state index is 0.139. The van der Waals surface area contributed by atoms with E-state index in [9.17, 15) is 9.18 Å². The Bertz CT molecular complexity index is 384. The molecule has 0 saturated heterocycles. The van der Waals surface area contributed by atoms with Crippen molar-refractivity contribution in [2.75, 3.05) is 32.6 Å². The van der Waals surface area contributed by atoms with Crippen LogP contribution < -0.4 is 5.32 Å². The number of aromatic nitrogens is 1. The summed E-state index contributed by atoms with van der Waals surface area (Å²) in [5.74, 6) is -0.638. The average Bonchev–Trinajstić information content (AvgIpc) is 2.28. The molecule has 1 heterocycles. The van der Waals surface area contributed by atoms with Crippen LogP contribution in [0, 0.1) is 5.82 Å². The molecule has 88 valence electrons. The van der Waals surface area contributed by atoms with Gasteiger partial charge < -0.3 is 15.3 Å². The van der Waals surface area contributed by atoms with Gasteiger partial charge in [-0.2, -0.15) is 0 Å². The van der Waals surface area contributed by atoms with Crippen LogP contribution in [0.5, 0.6) is 0 Å². The monoisotopic (exact) mass is 227 g/mol. The van der Waals surface area contributed by atoms with Crippen LogP contribution in [0.25, 0.3) is 0 Å². The molecule has 6 heteroatoms. The lowest BCUT2D eigenvalue weighted by atomic mass is 10.2. The number of pyridine rings is 1. The van der Waals surface area contributed by atoms with Crippen LogP contribution in [0.1, 0.15) is 10.4 Å². The van der Waals surface area contributed by atoms with Crippen molar-refractivity contribution >= 4 is 11.7 Å². The first-order valence-electron chi connectivity index (χ1n) is 4.79. The number of carbonyl (C=O) groups is 1. The van der Waals surface area contributed by atoms with E-state index in [2.05, 4.69) is 10.3 Å². The molecule has 16 heavy (non-hydrogen) atoms. The minimum Gasteiger partial charge on any atom is -0.395 e. The first-order valence-corrected chi connectivity index (χ1v) is 4.79. The quantitative estimate of drug-likeness (QED) is 0.777. The fourth-order valence-electron chi connectivity index (χ4n) is 1.26.